The highest BCUT2D eigenvalue weighted by molar-refractivity contribution is 7.99. The largest absolute Gasteiger partial charge is 0.396 e. The minimum absolute atomic E-state index is 0.0963. The van der Waals surface area contributed by atoms with Gasteiger partial charge < -0.3 is 31.8 Å². The topological polar surface area (TPSA) is 183 Å². The van der Waals surface area contributed by atoms with Gasteiger partial charge in [-0.1, -0.05) is 13.8 Å². The van der Waals surface area contributed by atoms with Crippen molar-refractivity contribution in [2.75, 3.05) is 30.8 Å². The number of unbranched alkanes of at least 4 members (excludes halogenated alkanes) is 2. The lowest BCUT2D eigenvalue weighted by atomic mass is 10.1. The Balaban J connectivity index is 1.61. The smallest absolute Gasteiger partial charge is 0.277 e. The standard InChI is InChI=1S/C30H46N8O4S/c1-20(2)16-24-22-19-38(30(43-15-7-14-39)27(22)29(42)37(3)36-24)18-21-10-13-34-26(17-21)33-11-5-4-6-12-35-28(41)23(31)8-9-25(32)40/h10,13,17,19-20,23,39H,4-9,11-12,14-16,18,31H2,1-3H3,(H2,32,40)(H,33,34)(H,35,41)/t23-/m0/s1. The molecule has 0 radical (unpaired) electrons. The van der Waals surface area contributed by atoms with Crippen LogP contribution >= 0.6 is 11.8 Å². The number of amides is 2. The molecule has 3 aromatic heterocycles. The van der Waals surface area contributed by atoms with Crippen molar-refractivity contribution in [2.45, 2.75) is 76.4 Å². The highest BCUT2D eigenvalue weighted by Gasteiger charge is 2.20. The predicted molar refractivity (Wildman–Crippen MR) is 171 cm³/mol. The molecular weight excluding hydrogens is 568 g/mol. The van der Waals surface area contributed by atoms with Crippen LogP contribution < -0.4 is 27.7 Å². The number of hydrogen-bond acceptors (Lipinski definition) is 9. The number of thioether (sulfide) groups is 1. The molecule has 7 N–H and O–H groups in total. The van der Waals surface area contributed by atoms with Gasteiger partial charge in [-0.05, 0) is 62.1 Å². The number of aliphatic hydroxyl groups is 1. The maximum atomic E-state index is 13.2. The third-order valence-electron chi connectivity index (χ3n) is 6.94. The van der Waals surface area contributed by atoms with E-state index in [1.807, 2.05) is 18.3 Å². The van der Waals surface area contributed by atoms with Crippen molar-refractivity contribution in [2.24, 2.45) is 24.4 Å². The molecule has 0 unspecified atom stereocenters. The molecule has 0 aliphatic rings. The molecule has 0 saturated heterocycles. The Morgan fingerprint density at radius 3 is 2.65 bits per heavy atom. The van der Waals surface area contributed by atoms with E-state index >= 15 is 0 Å². The number of nitrogens with zero attached hydrogens (tertiary/aromatic N) is 4. The lowest BCUT2D eigenvalue weighted by Gasteiger charge is -2.12. The van der Waals surface area contributed by atoms with Crippen molar-refractivity contribution in [1.82, 2.24) is 24.6 Å². The Morgan fingerprint density at radius 2 is 1.93 bits per heavy atom. The van der Waals surface area contributed by atoms with Gasteiger partial charge >= 0.3 is 0 Å². The summed E-state index contributed by atoms with van der Waals surface area (Å²) in [5.74, 6) is 1.14. The zero-order chi connectivity index (χ0) is 31.4. The molecule has 0 bridgehead atoms. The van der Waals surface area contributed by atoms with E-state index in [0.29, 0.717) is 36.6 Å². The molecule has 1 atom stereocenters. The fourth-order valence-electron chi connectivity index (χ4n) is 4.73. The van der Waals surface area contributed by atoms with Gasteiger partial charge in [0.15, 0.2) is 0 Å². The summed E-state index contributed by atoms with van der Waals surface area (Å²) in [6.07, 6.45) is 8.21. The lowest BCUT2D eigenvalue weighted by Crippen LogP contribution is -2.41. The number of primary amides is 1. The predicted octanol–water partition coefficient (Wildman–Crippen LogP) is 2.14. The molecule has 0 aliphatic heterocycles. The summed E-state index contributed by atoms with van der Waals surface area (Å²) in [5.41, 5.74) is 12.7. The Labute approximate surface area is 257 Å². The Bertz CT molecular complexity index is 1420. The van der Waals surface area contributed by atoms with Gasteiger partial charge in [-0.2, -0.15) is 5.10 Å². The Kier molecular flexibility index (Phi) is 13.5. The summed E-state index contributed by atoms with van der Waals surface area (Å²) in [6.45, 7) is 6.21. The first-order valence-electron chi connectivity index (χ1n) is 14.9. The zero-order valence-corrected chi connectivity index (χ0v) is 26.3. The number of anilines is 1. The molecule has 0 fully saturated rings. The van der Waals surface area contributed by atoms with E-state index in [-0.39, 0.29) is 30.9 Å². The summed E-state index contributed by atoms with van der Waals surface area (Å²) in [6, 6.07) is 3.27. The molecule has 0 saturated carbocycles. The van der Waals surface area contributed by atoms with E-state index in [1.54, 1.807) is 25.0 Å². The van der Waals surface area contributed by atoms with Crippen LogP contribution in [0.25, 0.3) is 10.8 Å². The number of carbonyl (C=O) groups is 2. The van der Waals surface area contributed by atoms with Crippen LogP contribution in [0.3, 0.4) is 0 Å². The SMILES string of the molecule is CC(C)Cc1nn(C)c(=O)c2c(SCCCO)n(Cc3ccnc(NCCCCCNC(=O)[C@@H](N)CCC(N)=O)c3)cc12. The minimum atomic E-state index is -0.725. The van der Waals surface area contributed by atoms with Crippen LogP contribution in [0.5, 0.6) is 0 Å². The highest BCUT2D eigenvalue weighted by atomic mass is 32.2. The second-order valence-electron chi connectivity index (χ2n) is 11.2. The van der Waals surface area contributed by atoms with Crippen LogP contribution in [-0.4, -0.2) is 67.7 Å². The monoisotopic (exact) mass is 614 g/mol. The van der Waals surface area contributed by atoms with Crippen molar-refractivity contribution in [3.8, 4) is 0 Å². The highest BCUT2D eigenvalue weighted by Crippen LogP contribution is 2.31. The molecular formula is C30H46N8O4S. The van der Waals surface area contributed by atoms with Gasteiger partial charge in [0.25, 0.3) is 5.56 Å². The van der Waals surface area contributed by atoms with Crippen LogP contribution in [0.1, 0.15) is 63.6 Å². The van der Waals surface area contributed by atoms with Crippen LogP contribution in [0.4, 0.5) is 5.82 Å². The average molecular weight is 615 g/mol. The second-order valence-corrected chi connectivity index (χ2v) is 12.3. The number of aryl methyl sites for hydroxylation is 1. The summed E-state index contributed by atoms with van der Waals surface area (Å²) in [7, 11) is 1.70. The van der Waals surface area contributed by atoms with Crippen molar-refractivity contribution in [3.05, 3.63) is 46.1 Å². The van der Waals surface area contributed by atoms with E-state index in [4.69, 9.17) is 11.5 Å². The molecule has 13 heteroatoms. The first kappa shape index (κ1) is 34.1. The van der Waals surface area contributed by atoms with E-state index in [0.717, 1.165) is 59.7 Å². The fraction of sp³-hybridized carbons (Fsp3) is 0.567. The van der Waals surface area contributed by atoms with Crippen LogP contribution in [0.15, 0.2) is 34.3 Å². The molecule has 0 aliphatic carbocycles. The zero-order valence-electron chi connectivity index (χ0n) is 25.5. The molecule has 12 nitrogen and oxygen atoms in total. The number of pyridine rings is 1. The number of aromatic nitrogens is 4. The first-order chi connectivity index (χ1) is 20.6. The van der Waals surface area contributed by atoms with Crippen LogP contribution in [-0.2, 0) is 29.6 Å². The van der Waals surface area contributed by atoms with E-state index < -0.39 is 11.9 Å². The number of nitrogens with two attached hydrogens (primary N) is 2. The number of nitrogens with one attached hydrogen (secondary N) is 2. The van der Waals surface area contributed by atoms with Gasteiger partial charge in [-0.3, -0.25) is 14.4 Å². The fourth-order valence-corrected chi connectivity index (χ4v) is 5.82. The van der Waals surface area contributed by atoms with E-state index in [1.165, 1.54) is 4.68 Å². The second kappa shape index (κ2) is 17.0. The first-order valence-corrected chi connectivity index (χ1v) is 15.9. The quantitative estimate of drug-likeness (QED) is 0.0997. The average Bonchev–Trinajstić information content (AvgIpc) is 3.32. The normalized spacial score (nSPS) is 12.1. The number of hydrogen-bond donors (Lipinski definition) is 5. The molecule has 0 aromatic carbocycles. The molecule has 3 heterocycles. The summed E-state index contributed by atoms with van der Waals surface area (Å²) in [5, 5.41) is 22.6. The maximum Gasteiger partial charge on any atom is 0.277 e. The summed E-state index contributed by atoms with van der Waals surface area (Å²) >= 11 is 1.59. The van der Waals surface area contributed by atoms with E-state index in [2.05, 4.69) is 39.1 Å². The van der Waals surface area contributed by atoms with Gasteiger partial charge in [-0.25, -0.2) is 9.67 Å². The van der Waals surface area contributed by atoms with Gasteiger partial charge in [0.1, 0.15) is 5.82 Å². The number of carbonyl (C=O) groups excluding carboxylic acids is 2. The lowest BCUT2D eigenvalue weighted by molar-refractivity contribution is -0.122. The number of fused-ring (bicyclic) bond motifs is 1. The Morgan fingerprint density at radius 1 is 1.16 bits per heavy atom. The van der Waals surface area contributed by atoms with E-state index in [9.17, 15) is 19.5 Å². The molecule has 2 amide bonds. The van der Waals surface area contributed by atoms with Gasteiger partial charge in [0.2, 0.25) is 11.8 Å². The molecule has 43 heavy (non-hydrogen) atoms. The van der Waals surface area contributed by atoms with Gasteiger partial charge in [0, 0.05) is 63.2 Å². The van der Waals surface area contributed by atoms with Crippen molar-refractivity contribution in [1.29, 1.82) is 0 Å². The molecule has 0 spiro atoms. The van der Waals surface area contributed by atoms with Crippen LogP contribution in [0.2, 0.25) is 0 Å². The van der Waals surface area contributed by atoms with Gasteiger partial charge in [-0.15, -0.1) is 11.8 Å². The third kappa shape index (κ3) is 10.4. The number of aliphatic hydroxyl groups excluding tert-OH is 1. The van der Waals surface area contributed by atoms with Crippen molar-refractivity contribution in [3.63, 3.8) is 0 Å². The third-order valence-corrected chi connectivity index (χ3v) is 8.14. The molecule has 3 rings (SSSR count). The number of rotatable bonds is 19. The minimum Gasteiger partial charge on any atom is -0.396 e. The van der Waals surface area contributed by atoms with Gasteiger partial charge in [0.05, 0.1) is 22.1 Å². The summed E-state index contributed by atoms with van der Waals surface area (Å²) < 4.78 is 3.55. The maximum absolute atomic E-state index is 13.2. The van der Waals surface area contributed by atoms with Crippen molar-refractivity contribution >= 4 is 40.2 Å². The molecule has 236 valence electrons. The van der Waals surface area contributed by atoms with Crippen molar-refractivity contribution < 1.29 is 14.7 Å². The molecule has 3 aromatic rings. The summed E-state index contributed by atoms with van der Waals surface area (Å²) in [4.78, 5) is 40.5. The van der Waals surface area contributed by atoms with Crippen LogP contribution in [0, 0.1) is 5.92 Å². The Hall–Kier alpha value is -3.42.